The number of likely N-dealkylation sites (N-methyl/N-ethyl adjacent to an activating group) is 1. The molecule has 92 valence electrons. The highest BCUT2D eigenvalue weighted by Crippen LogP contribution is 2.42. The van der Waals surface area contributed by atoms with Crippen LogP contribution in [0.25, 0.3) is 0 Å². The van der Waals surface area contributed by atoms with Crippen LogP contribution in [0.15, 0.2) is 0 Å². The van der Waals surface area contributed by atoms with Gasteiger partial charge in [-0.3, -0.25) is 9.69 Å². The van der Waals surface area contributed by atoms with Crippen LogP contribution in [0, 0.1) is 5.92 Å². The summed E-state index contributed by atoms with van der Waals surface area (Å²) in [6.45, 7) is 2.21. The number of nitrogens with zero attached hydrogens (tertiary/aromatic N) is 1. The number of carbonyl (C=O) groups is 1. The van der Waals surface area contributed by atoms with Gasteiger partial charge in [-0.2, -0.15) is 0 Å². The number of carboxylic acids is 1. The van der Waals surface area contributed by atoms with Crippen LogP contribution in [0.3, 0.4) is 0 Å². The molecule has 0 unspecified atom stereocenters. The van der Waals surface area contributed by atoms with Gasteiger partial charge in [-0.1, -0.05) is 13.3 Å². The molecule has 0 amide bonds. The first-order valence-electron chi connectivity index (χ1n) is 6.56. The highest BCUT2D eigenvalue weighted by molar-refractivity contribution is 5.79. The molecule has 2 fully saturated rings. The molecule has 0 saturated heterocycles. The van der Waals surface area contributed by atoms with Gasteiger partial charge in [-0.15, -0.1) is 0 Å². The molecule has 0 bridgehead atoms. The van der Waals surface area contributed by atoms with E-state index in [9.17, 15) is 9.90 Å². The molecule has 0 aliphatic heterocycles. The third kappa shape index (κ3) is 1.97. The predicted octanol–water partition coefficient (Wildman–Crippen LogP) is 2.50. The fourth-order valence-electron chi connectivity index (χ4n) is 3.09. The summed E-state index contributed by atoms with van der Waals surface area (Å²) in [5.41, 5.74) is -0.549. The molecule has 0 radical (unpaired) electrons. The first-order valence-corrected chi connectivity index (χ1v) is 6.56. The summed E-state index contributed by atoms with van der Waals surface area (Å²) >= 11 is 0. The van der Waals surface area contributed by atoms with Gasteiger partial charge in [0, 0.05) is 6.04 Å². The highest BCUT2D eigenvalue weighted by Gasteiger charge is 2.49. The molecule has 2 rings (SSSR count). The summed E-state index contributed by atoms with van der Waals surface area (Å²) in [5, 5.41) is 9.55. The summed E-state index contributed by atoms with van der Waals surface area (Å²) in [7, 11) is 2.01. The topological polar surface area (TPSA) is 40.5 Å². The summed E-state index contributed by atoms with van der Waals surface area (Å²) < 4.78 is 0. The van der Waals surface area contributed by atoms with E-state index >= 15 is 0 Å². The minimum Gasteiger partial charge on any atom is -0.480 e. The second-order valence-corrected chi connectivity index (χ2v) is 5.53. The third-order valence-corrected chi connectivity index (χ3v) is 4.68. The van der Waals surface area contributed by atoms with Crippen molar-refractivity contribution in [3.63, 3.8) is 0 Å². The average Bonchev–Trinajstić information content (AvgIpc) is 3.11. The summed E-state index contributed by atoms with van der Waals surface area (Å²) in [5.74, 6) is 0.150. The van der Waals surface area contributed by atoms with Crippen molar-refractivity contribution in [3.8, 4) is 0 Å². The maximum absolute atomic E-state index is 11.6. The Morgan fingerprint density at radius 1 is 1.31 bits per heavy atom. The molecule has 2 aliphatic rings. The lowest BCUT2D eigenvalue weighted by atomic mass is 9.74. The Morgan fingerprint density at radius 2 is 1.88 bits per heavy atom. The Bertz CT molecular complexity index is 265. The van der Waals surface area contributed by atoms with E-state index in [0.29, 0.717) is 6.04 Å². The minimum atomic E-state index is -0.601. The Morgan fingerprint density at radius 3 is 2.25 bits per heavy atom. The van der Waals surface area contributed by atoms with E-state index in [4.69, 9.17) is 0 Å². The fourth-order valence-corrected chi connectivity index (χ4v) is 3.09. The number of carboxylic acid groups (broad SMARTS) is 1. The van der Waals surface area contributed by atoms with Crippen LogP contribution in [-0.4, -0.2) is 34.6 Å². The van der Waals surface area contributed by atoms with E-state index in [1.54, 1.807) is 0 Å². The zero-order valence-corrected chi connectivity index (χ0v) is 10.4. The zero-order valence-electron chi connectivity index (χ0n) is 10.4. The number of rotatable bonds is 4. The molecule has 0 aromatic rings. The Hall–Kier alpha value is -0.570. The van der Waals surface area contributed by atoms with Crippen LogP contribution >= 0.6 is 0 Å². The molecule has 1 N–H and O–H groups in total. The molecule has 0 spiro atoms. The molecule has 2 saturated carbocycles. The third-order valence-electron chi connectivity index (χ3n) is 4.68. The van der Waals surface area contributed by atoms with E-state index in [1.165, 1.54) is 19.3 Å². The van der Waals surface area contributed by atoms with Gasteiger partial charge in [-0.05, 0) is 51.5 Å². The van der Waals surface area contributed by atoms with Gasteiger partial charge in [-0.25, -0.2) is 0 Å². The maximum atomic E-state index is 11.6. The van der Waals surface area contributed by atoms with Gasteiger partial charge in [0.1, 0.15) is 5.54 Å². The molecule has 0 atom stereocenters. The van der Waals surface area contributed by atoms with Crippen molar-refractivity contribution >= 4 is 5.97 Å². The van der Waals surface area contributed by atoms with Crippen LogP contribution in [0.5, 0.6) is 0 Å². The van der Waals surface area contributed by atoms with Crippen molar-refractivity contribution in [1.29, 1.82) is 0 Å². The number of hydrogen-bond acceptors (Lipinski definition) is 2. The van der Waals surface area contributed by atoms with Crippen molar-refractivity contribution in [1.82, 2.24) is 4.90 Å². The first-order chi connectivity index (χ1) is 7.60. The van der Waals surface area contributed by atoms with Gasteiger partial charge in [0.25, 0.3) is 0 Å². The molecule has 0 heterocycles. The highest BCUT2D eigenvalue weighted by atomic mass is 16.4. The predicted molar refractivity (Wildman–Crippen MR) is 63.4 cm³/mol. The van der Waals surface area contributed by atoms with Gasteiger partial charge in [0.15, 0.2) is 0 Å². The Labute approximate surface area is 97.8 Å². The van der Waals surface area contributed by atoms with Crippen molar-refractivity contribution in [2.45, 2.75) is 63.5 Å². The van der Waals surface area contributed by atoms with Crippen LogP contribution in [0.4, 0.5) is 0 Å². The summed E-state index contributed by atoms with van der Waals surface area (Å²) in [6, 6.07) is 0.536. The summed E-state index contributed by atoms with van der Waals surface area (Å²) in [6.07, 6.45) is 7.41. The molecule has 2 aliphatic carbocycles. The van der Waals surface area contributed by atoms with E-state index in [0.717, 1.165) is 31.6 Å². The van der Waals surface area contributed by atoms with E-state index in [2.05, 4.69) is 11.8 Å². The van der Waals surface area contributed by atoms with Gasteiger partial charge in [0.05, 0.1) is 0 Å². The first kappa shape index (κ1) is 11.9. The minimum absolute atomic E-state index is 0.536. The Kier molecular flexibility index (Phi) is 3.24. The number of aliphatic carboxylic acids is 1. The lowest BCUT2D eigenvalue weighted by molar-refractivity contribution is -0.154. The van der Waals surface area contributed by atoms with E-state index < -0.39 is 11.5 Å². The van der Waals surface area contributed by atoms with Gasteiger partial charge < -0.3 is 5.11 Å². The standard InChI is InChI=1S/C13H23NO2/c1-3-10-6-8-13(9-7-10,12(15)16)14(2)11-4-5-11/h10-11H,3-9H2,1-2H3,(H,15,16). The molecule has 0 aromatic carbocycles. The lowest BCUT2D eigenvalue weighted by Gasteiger charge is -2.43. The van der Waals surface area contributed by atoms with E-state index in [-0.39, 0.29) is 0 Å². The lowest BCUT2D eigenvalue weighted by Crippen LogP contribution is -2.55. The Balaban J connectivity index is 2.08. The van der Waals surface area contributed by atoms with E-state index in [1.807, 2.05) is 7.05 Å². The van der Waals surface area contributed by atoms with Crippen LogP contribution in [-0.2, 0) is 4.79 Å². The molecular weight excluding hydrogens is 202 g/mol. The smallest absolute Gasteiger partial charge is 0.324 e. The number of hydrogen-bond donors (Lipinski definition) is 1. The molecule has 3 nitrogen and oxygen atoms in total. The quantitative estimate of drug-likeness (QED) is 0.799. The SMILES string of the molecule is CCC1CCC(C(=O)O)(N(C)C2CC2)CC1. The maximum Gasteiger partial charge on any atom is 0.324 e. The second kappa shape index (κ2) is 4.36. The van der Waals surface area contributed by atoms with Crippen LogP contribution in [0.1, 0.15) is 51.9 Å². The van der Waals surface area contributed by atoms with Crippen molar-refractivity contribution in [2.75, 3.05) is 7.05 Å². The van der Waals surface area contributed by atoms with Crippen molar-refractivity contribution in [3.05, 3.63) is 0 Å². The molecule has 0 aromatic heterocycles. The average molecular weight is 225 g/mol. The fraction of sp³-hybridized carbons (Fsp3) is 0.923. The molecular formula is C13H23NO2. The van der Waals surface area contributed by atoms with Crippen LogP contribution in [0.2, 0.25) is 0 Å². The molecule has 16 heavy (non-hydrogen) atoms. The molecule has 3 heteroatoms. The zero-order chi connectivity index (χ0) is 11.8. The van der Waals surface area contributed by atoms with Crippen LogP contribution < -0.4 is 0 Å². The normalized spacial score (nSPS) is 35.3. The monoisotopic (exact) mass is 225 g/mol. The summed E-state index contributed by atoms with van der Waals surface area (Å²) in [4.78, 5) is 13.8. The van der Waals surface area contributed by atoms with Crippen molar-refractivity contribution in [2.24, 2.45) is 5.92 Å². The largest absolute Gasteiger partial charge is 0.480 e. The van der Waals surface area contributed by atoms with Gasteiger partial charge in [0.2, 0.25) is 0 Å². The van der Waals surface area contributed by atoms with Gasteiger partial charge >= 0.3 is 5.97 Å². The second-order valence-electron chi connectivity index (χ2n) is 5.53. The van der Waals surface area contributed by atoms with Crippen molar-refractivity contribution < 1.29 is 9.90 Å².